The summed E-state index contributed by atoms with van der Waals surface area (Å²) in [6, 6.07) is -1.74. The van der Waals surface area contributed by atoms with Gasteiger partial charge in [-0.25, -0.2) is 9.59 Å². The average Bonchev–Trinajstić information content (AvgIpc) is 2.26. The second-order valence-electron chi connectivity index (χ2n) is 3.12. The Morgan fingerprint density at radius 1 is 1.40 bits per heavy atom. The van der Waals surface area contributed by atoms with Crippen molar-refractivity contribution in [3.63, 3.8) is 0 Å². The molecule has 86 valence electrons. The van der Waals surface area contributed by atoms with Crippen molar-refractivity contribution in [1.82, 2.24) is 10.2 Å². The number of amides is 2. The summed E-state index contributed by atoms with van der Waals surface area (Å²) in [7, 11) is 0. The third-order valence-electron chi connectivity index (χ3n) is 2.08. The van der Waals surface area contributed by atoms with E-state index in [9.17, 15) is 9.59 Å². The molecule has 1 aliphatic rings. The summed E-state index contributed by atoms with van der Waals surface area (Å²) >= 11 is 0. The van der Waals surface area contributed by atoms with E-state index in [1.54, 1.807) is 0 Å². The van der Waals surface area contributed by atoms with Crippen molar-refractivity contribution in [2.45, 2.75) is 6.04 Å². The highest BCUT2D eigenvalue weighted by atomic mass is 16.5. The van der Waals surface area contributed by atoms with Crippen LogP contribution in [0.1, 0.15) is 0 Å². The van der Waals surface area contributed by atoms with E-state index in [0.29, 0.717) is 26.3 Å². The van der Waals surface area contributed by atoms with E-state index < -0.39 is 24.6 Å². The van der Waals surface area contributed by atoms with Crippen LogP contribution in [0.5, 0.6) is 0 Å². The number of morpholine rings is 1. The number of urea groups is 1. The lowest BCUT2D eigenvalue weighted by molar-refractivity contribution is -0.140. The first-order valence-corrected chi connectivity index (χ1v) is 4.62. The van der Waals surface area contributed by atoms with Gasteiger partial charge in [-0.1, -0.05) is 0 Å². The number of carbonyl (C=O) groups excluding carboxylic acids is 1. The number of hydrogen-bond acceptors (Lipinski definition) is 4. The topological polar surface area (TPSA) is 99.1 Å². The maximum Gasteiger partial charge on any atom is 0.328 e. The van der Waals surface area contributed by atoms with E-state index >= 15 is 0 Å². The largest absolute Gasteiger partial charge is 0.480 e. The predicted molar refractivity (Wildman–Crippen MR) is 49.4 cm³/mol. The maximum absolute atomic E-state index is 11.5. The molecule has 0 aliphatic carbocycles. The number of ether oxygens (including phenoxy) is 1. The molecular formula is C8H14N2O5. The van der Waals surface area contributed by atoms with Gasteiger partial charge in [-0.2, -0.15) is 0 Å². The predicted octanol–water partition coefficient (Wildman–Crippen LogP) is -1.53. The molecule has 1 aliphatic heterocycles. The number of hydrogen-bond donors (Lipinski definition) is 3. The summed E-state index contributed by atoms with van der Waals surface area (Å²) in [6.07, 6.45) is 0. The van der Waals surface area contributed by atoms with Crippen molar-refractivity contribution < 1.29 is 24.5 Å². The second-order valence-corrected chi connectivity index (χ2v) is 3.12. The Morgan fingerprint density at radius 2 is 2.00 bits per heavy atom. The highest BCUT2D eigenvalue weighted by Gasteiger charge is 2.23. The van der Waals surface area contributed by atoms with Gasteiger partial charge >= 0.3 is 12.0 Å². The van der Waals surface area contributed by atoms with Gasteiger partial charge < -0.3 is 25.2 Å². The van der Waals surface area contributed by atoms with Gasteiger partial charge in [0.25, 0.3) is 0 Å². The third-order valence-corrected chi connectivity index (χ3v) is 2.08. The number of carboxylic acids is 1. The van der Waals surface area contributed by atoms with Crippen molar-refractivity contribution in [2.75, 3.05) is 32.9 Å². The summed E-state index contributed by atoms with van der Waals surface area (Å²) < 4.78 is 5.04. The molecule has 1 fully saturated rings. The molecule has 0 spiro atoms. The molecule has 7 heteroatoms. The molecule has 7 nitrogen and oxygen atoms in total. The van der Waals surface area contributed by atoms with Gasteiger partial charge in [-0.15, -0.1) is 0 Å². The first kappa shape index (κ1) is 11.7. The standard InChI is InChI=1S/C8H14N2O5/c11-5-6(7(12)13)9-8(14)10-1-3-15-4-2-10/h6,11H,1-5H2,(H,9,14)(H,12,13)/t6-/m0/s1. The van der Waals surface area contributed by atoms with Gasteiger partial charge in [0, 0.05) is 13.1 Å². The number of aliphatic carboxylic acids is 1. The van der Waals surface area contributed by atoms with Gasteiger partial charge in [-0.3, -0.25) is 0 Å². The van der Waals surface area contributed by atoms with E-state index in [2.05, 4.69) is 5.32 Å². The van der Waals surface area contributed by atoms with Crippen LogP contribution in [0.25, 0.3) is 0 Å². The Hall–Kier alpha value is -1.34. The van der Waals surface area contributed by atoms with Crippen LogP contribution in [0, 0.1) is 0 Å². The van der Waals surface area contributed by atoms with Crippen LogP contribution in [0.15, 0.2) is 0 Å². The van der Waals surface area contributed by atoms with Gasteiger partial charge in [0.2, 0.25) is 0 Å². The van der Waals surface area contributed by atoms with Crippen LogP contribution in [0.4, 0.5) is 4.79 Å². The van der Waals surface area contributed by atoms with Crippen molar-refractivity contribution >= 4 is 12.0 Å². The van der Waals surface area contributed by atoms with Crippen LogP contribution in [-0.2, 0) is 9.53 Å². The number of carbonyl (C=O) groups is 2. The SMILES string of the molecule is O=C(O)[C@H](CO)NC(=O)N1CCOCC1. The minimum absolute atomic E-state index is 0.434. The molecule has 15 heavy (non-hydrogen) atoms. The molecule has 0 aromatic heterocycles. The molecule has 3 N–H and O–H groups in total. The molecule has 1 atom stereocenters. The Bertz CT molecular complexity index is 239. The molecule has 0 radical (unpaired) electrons. The summed E-state index contributed by atoms with van der Waals surface area (Å²) in [4.78, 5) is 23.4. The molecular weight excluding hydrogens is 204 g/mol. The molecule has 1 rings (SSSR count). The lowest BCUT2D eigenvalue weighted by Gasteiger charge is -2.27. The zero-order chi connectivity index (χ0) is 11.3. The fourth-order valence-corrected chi connectivity index (χ4v) is 1.19. The molecule has 1 saturated heterocycles. The van der Waals surface area contributed by atoms with Gasteiger partial charge in [-0.05, 0) is 0 Å². The van der Waals surface area contributed by atoms with Crippen LogP contribution in [-0.4, -0.2) is 66.1 Å². The van der Waals surface area contributed by atoms with E-state index in [1.165, 1.54) is 4.90 Å². The van der Waals surface area contributed by atoms with Crippen LogP contribution < -0.4 is 5.32 Å². The van der Waals surface area contributed by atoms with E-state index in [0.717, 1.165) is 0 Å². The minimum Gasteiger partial charge on any atom is -0.480 e. The van der Waals surface area contributed by atoms with Gasteiger partial charge in [0.1, 0.15) is 0 Å². The molecule has 0 saturated carbocycles. The fraction of sp³-hybridized carbons (Fsp3) is 0.750. The molecule has 1 heterocycles. The second kappa shape index (κ2) is 5.52. The molecule has 2 amide bonds. The van der Waals surface area contributed by atoms with Crippen molar-refractivity contribution in [3.8, 4) is 0 Å². The lowest BCUT2D eigenvalue weighted by atomic mass is 10.3. The van der Waals surface area contributed by atoms with Crippen molar-refractivity contribution in [3.05, 3.63) is 0 Å². The molecule has 0 bridgehead atoms. The zero-order valence-electron chi connectivity index (χ0n) is 8.18. The minimum atomic E-state index is -1.25. The quantitative estimate of drug-likeness (QED) is 0.534. The number of aliphatic hydroxyl groups is 1. The average molecular weight is 218 g/mol. The third kappa shape index (κ3) is 3.37. The summed E-state index contributed by atoms with van der Waals surface area (Å²) in [5.41, 5.74) is 0. The Kier molecular flexibility index (Phi) is 4.32. The summed E-state index contributed by atoms with van der Waals surface area (Å²) in [5, 5.41) is 19.5. The number of nitrogens with zero attached hydrogens (tertiary/aromatic N) is 1. The Labute approximate surface area is 86.6 Å². The monoisotopic (exact) mass is 218 g/mol. The normalized spacial score (nSPS) is 18.3. The Balaban J connectivity index is 2.42. The van der Waals surface area contributed by atoms with E-state index in [1.807, 2.05) is 0 Å². The number of aliphatic hydroxyl groups excluding tert-OH is 1. The molecule has 0 aromatic rings. The van der Waals surface area contributed by atoms with Gasteiger partial charge in [0.15, 0.2) is 6.04 Å². The summed E-state index contributed by atoms with van der Waals surface area (Å²) in [5.74, 6) is -1.25. The first-order valence-electron chi connectivity index (χ1n) is 4.62. The lowest BCUT2D eigenvalue weighted by Crippen LogP contribution is -2.52. The van der Waals surface area contributed by atoms with Crippen LogP contribution in [0.2, 0.25) is 0 Å². The number of rotatable bonds is 3. The fourth-order valence-electron chi connectivity index (χ4n) is 1.19. The van der Waals surface area contributed by atoms with Gasteiger partial charge in [0.05, 0.1) is 19.8 Å². The zero-order valence-corrected chi connectivity index (χ0v) is 8.18. The molecule has 0 aromatic carbocycles. The molecule has 0 unspecified atom stereocenters. The van der Waals surface area contributed by atoms with E-state index in [-0.39, 0.29) is 0 Å². The van der Waals surface area contributed by atoms with Crippen molar-refractivity contribution in [2.24, 2.45) is 0 Å². The smallest absolute Gasteiger partial charge is 0.328 e. The summed E-state index contributed by atoms with van der Waals surface area (Å²) in [6.45, 7) is 1.15. The first-order chi connectivity index (χ1) is 7.15. The number of nitrogens with one attached hydrogen (secondary N) is 1. The highest BCUT2D eigenvalue weighted by Crippen LogP contribution is 1.97. The highest BCUT2D eigenvalue weighted by molar-refractivity contribution is 5.82. The van der Waals surface area contributed by atoms with E-state index in [4.69, 9.17) is 14.9 Å². The Morgan fingerprint density at radius 3 is 2.47 bits per heavy atom. The van der Waals surface area contributed by atoms with Crippen molar-refractivity contribution in [1.29, 1.82) is 0 Å². The number of carboxylic acid groups (broad SMARTS) is 1. The van der Waals surface area contributed by atoms with Crippen LogP contribution in [0.3, 0.4) is 0 Å². The maximum atomic E-state index is 11.5. The van der Waals surface area contributed by atoms with Crippen LogP contribution >= 0.6 is 0 Å².